The highest BCUT2D eigenvalue weighted by Crippen LogP contribution is 2.45. The number of thioether (sulfide) groups is 1. The molecule has 0 N–H and O–H groups in total. The molecule has 5 nitrogen and oxygen atoms in total. The molecule has 25 heavy (non-hydrogen) atoms. The van der Waals surface area contributed by atoms with Gasteiger partial charge >= 0.3 is 0 Å². The largest absolute Gasteiger partial charge is 0.313 e. The number of hydrogen-bond acceptors (Lipinski definition) is 4. The Hall–Kier alpha value is -0.760. The molecule has 0 bridgehead atoms. The van der Waals surface area contributed by atoms with E-state index in [-0.39, 0.29) is 34.6 Å². The first-order valence-corrected chi connectivity index (χ1v) is 11.4. The van der Waals surface area contributed by atoms with Crippen molar-refractivity contribution >= 4 is 61.6 Å². The molecule has 2 saturated heterocycles. The Balaban J connectivity index is 2.07. The molecule has 0 radical (unpaired) electrons. The predicted octanol–water partition coefficient (Wildman–Crippen LogP) is 3.64. The van der Waals surface area contributed by atoms with Crippen LogP contribution in [0, 0.1) is 5.92 Å². The summed E-state index contributed by atoms with van der Waals surface area (Å²) < 4.78 is 24.1. The second kappa shape index (κ2) is 7.10. The van der Waals surface area contributed by atoms with Crippen molar-refractivity contribution in [1.82, 2.24) is 0 Å². The number of nitrogens with zero attached hydrogens (tertiary/aromatic N) is 2. The molecule has 0 spiro atoms. The highest BCUT2D eigenvalue weighted by Gasteiger charge is 2.50. The number of benzene rings is 1. The van der Waals surface area contributed by atoms with Gasteiger partial charge in [0.2, 0.25) is 0 Å². The van der Waals surface area contributed by atoms with E-state index < -0.39 is 9.84 Å². The summed E-state index contributed by atoms with van der Waals surface area (Å²) in [4.78, 5) is 18.3. The number of amidine groups is 1. The van der Waals surface area contributed by atoms with Crippen LogP contribution in [0.15, 0.2) is 23.2 Å². The number of carbonyl (C=O) groups excluding carboxylic acids is 1. The van der Waals surface area contributed by atoms with Crippen molar-refractivity contribution in [2.45, 2.75) is 31.6 Å². The Morgan fingerprint density at radius 1 is 1.36 bits per heavy atom. The maximum Gasteiger partial charge on any atom is 0.250 e. The number of hydrogen-bond donors (Lipinski definition) is 0. The van der Waals surface area contributed by atoms with Gasteiger partial charge in [0.15, 0.2) is 15.0 Å². The van der Waals surface area contributed by atoms with Crippen molar-refractivity contribution in [3.63, 3.8) is 0 Å². The summed E-state index contributed by atoms with van der Waals surface area (Å²) in [6, 6.07) is 4.79. The molecular formula is C16H18Cl2N2O3S2. The number of aliphatic imine (C=N–C) groups is 1. The average Bonchev–Trinajstić information content (AvgIpc) is 2.98. The van der Waals surface area contributed by atoms with Crippen molar-refractivity contribution in [2.24, 2.45) is 10.9 Å². The number of sulfone groups is 1. The minimum atomic E-state index is -3.13. The van der Waals surface area contributed by atoms with Crippen LogP contribution < -0.4 is 4.90 Å². The molecule has 1 amide bonds. The standard InChI is InChI=1S/C16H18Cl2N2O3S2/c1-3-9(2)15(21)19-16-20(14-10(17)5-4-6-11(14)18)12-7-25(22,23)8-13(12)24-16/h4-6,9,12-13H,3,7-8H2,1-2H3/t9-,12+,13+/m0/s1. The fraction of sp³-hybridized carbons (Fsp3) is 0.500. The smallest absolute Gasteiger partial charge is 0.250 e. The number of carbonyl (C=O) groups is 1. The molecular weight excluding hydrogens is 403 g/mol. The monoisotopic (exact) mass is 420 g/mol. The van der Waals surface area contributed by atoms with E-state index in [9.17, 15) is 13.2 Å². The first kappa shape index (κ1) is 19.0. The summed E-state index contributed by atoms with van der Waals surface area (Å²) in [5.41, 5.74) is 0.513. The van der Waals surface area contributed by atoms with Crippen LogP contribution in [0.5, 0.6) is 0 Å². The number of para-hydroxylation sites is 1. The van der Waals surface area contributed by atoms with Gasteiger partial charge in [-0.2, -0.15) is 4.99 Å². The molecule has 2 heterocycles. The highest BCUT2D eigenvalue weighted by atomic mass is 35.5. The van der Waals surface area contributed by atoms with Crippen molar-refractivity contribution in [1.29, 1.82) is 0 Å². The van der Waals surface area contributed by atoms with Crippen LogP contribution in [-0.2, 0) is 14.6 Å². The third kappa shape index (κ3) is 3.70. The van der Waals surface area contributed by atoms with Crippen LogP contribution in [0.3, 0.4) is 0 Å². The summed E-state index contributed by atoms with van der Waals surface area (Å²) in [7, 11) is -3.13. The second-order valence-electron chi connectivity index (χ2n) is 6.28. The summed E-state index contributed by atoms with van der Waals surface area (Å²) in [5.74, 6) is -0.345. The first-order valence-electron chi connectivity index (χ1n) is 7.96. The van der Waals surface area contributed by atoms with E-state index in [1.165, 1.54) is 11.8 Å². The zero-order valence-electron chi connectivity index (χ0n) is 13.8. The summed E-state index contributed by atoms with van der Waals surface area (Å²) >= 11 is 14.0. The minimum Gasteiger partial charge on any atom is -0.313 e. The molecule has 0 aliphatic carbocycles. The van der Waals surface area contributed by atoms with E-state index in [1.807, 2.05) is 13.8 Å². The zero-order valence-corrected chi connectivity index (χ0v) is 16.9. The number of amides is 1. The molecule has 2 fully saturated rings. The van der Waals surface area contributed by atoms with Gasteiger partial charge in [-0.15, -0.1) is 0 Å². The maximum absolute atomic E-state index is 12.3. The van der Waals surface area contributed by atoms with E-state index in [2.05, 4.69) is 4.99 Å². The van der Waals surface area contributed by atoms with Crippen molar-refractivity contribution < 1.29 is 13.2 Å². The fourth-order valence-corrected chi connectivity index (χ4v) is 7.41. The number of rotatable bonds is 3. The third-order valence-electron chi connectivity index (χ3n) is 4.48. The normalized spacial score (nSPS) is 27.5. The van der Waals surface area contributed by atoms with E-state index in [1.54, 1.807) is 23.1 Å². The lowest BCUT2D eigenvalue weighted by Gasteiger charge is -2.26. The lowest BCUT2D eigenvalue weighted by molar-refractivity contribution is -0.121. The SMILES string of the molecule is CC[C@H](C)C(=O)N=C1S[C@@H]2CS(=O)(=O)C[C@H]2N1c1c(Cl)cccc1Cl. The van der Waals surface area contributed by atoms with Gasteiger partial charge in [-0.1, -0.05) is 54.9 Å². The van der Waals surface area contributed by atoms with Gasteiger partial charge in [-0.3, -0.25) is 4.79 Å². The van der Waals surface area contributed by atoms with E-state index in [0.717, 1.165) is 0 Å². The number of anilines is 1. The zero-order chi connectivity index (χ0) is 18.4. The first-order chi connectivity index (χ1) is 11.7. The number of halogens is 2. The molecule has 2 aliphatic rings. The molecule has 3 atom stereocenters. The van der Waals surface area contributed by atoms with Crippen LogP contribution >= 0.6 is 35.0 Å². The fourth-order valence-electron chi connectivity index (χ4n) is 2.92. The molecule has 0 aromatic heterocycles. The molecule has 2 aliphatic heterocycles. The summed E-state index contributed by atoms with van der Waals surface area (Å²) in [5, 5.41) is 1.11. The van der Waals surface area contributed by atoms with Crippen molar-refractivity contribution in [2.75, 3.05) is 16.4 Å². The number of fused-ring (bicyclic) bond motifs is 1. The molecule has 1 aromatic carbocycles. The van der Waals surface area contributed by atoms with Gasteiger partial charge in [-0.25, -0.2) is 8.42 Å². The van der Waals surface area contributed by atoms with Crippen LogP contribution in [0.1, 0.15) is 20.3 Å². The quantitative estimate of drug-likeness (QED) is 0.746. The Kier molecular flexibility index (Phi) is 5.40. The Morgan fingerprint density at radius 2 is 2.00 bits per heavy atom. The lowest BCUT2D eigenvalue weighted by atomic mass is 10.1. The van der Waals surface area contributed by atoms with Gasteiger partial charge in [0.1, 0.15) is 0 Å². The van der Waals surface area contributed by atoms with E-state index >= 15 is 0 Å². The Labute approximate surface area is 161 Å². The summed E-state index contributed by atoms with van der Waals surface area (Å²) in [6.45, 7) is 3.75. The van der Waals surface area contributed by atoms with Gasteiger partial charge in [0.25, 0.3) is 5.91 Å². The van der Waals surface area contributed by atoms with E-state index in [4.69, 9.17) is 23.2 Å². The molecule has 3 rings (SSSR count). The minimum absolute atomic E-state index is 0.00274. The Bertz CT molecular complexity index is 822. The van der Waals surface area contributed by atoms with Crippen LogP contribution in [0.25, 0.3) is 0 Å². The third-order valence-corrected chi connectivity index (χ3v) is 8.30. The van der Waals surface area contributed by atoms with Crippen LogP contribution in [-0.4, -0.2) is 42.3 Å². The average molecular weight is 421 g/mol. The molecule has 136 valence electrons. The molecule has 9 heteroatoms. The van der Waals surface area contributed by atoms with Crippen molar-refractivity contribution in [3.8, 4) is 0 Å². The van der Waals surface area contributed by atoms with Gasteiger partial charge in [-0.05, 0) is 18.6 Å². The second-order valence-corrected chi connectivity index (χ2v) is 10.5. The van der Waals surface area contributed by atoms with Gasteiger partial charge in [0, 0.05) is 11.2 Å². The lowest BCUT2D eigenvalue weighted by Crippen LogP contribution is -2.38. The van der Waals surface area contributed by atoms with Crippen LogP contribution in [0.2, 0.25) is 10.0 Å². The predicted molar refractivity (Wildman–Crippen MR) is 105 cm³/mol. The molecule has 0 unspecified atom stereocenters. The van der Waals surface area contributed by atoms with Crippen molar-refractivity contribution in [3.05, 3.63) is 28.2 Å². The summed E-state index contributed by atoms with van der Waals surface area (Å²) in [6.07, 6.45) is 0.689. The van der Waals surface area contributed by atoms with E-state index in [0.29, 0.717) is 27.3 Å². The molecule has 0 saturated carbocycles. The molecule has 1 aromatic rings. The van der Waals surface area contributed by atoms with Gasteiger partial charge in [0.05, 0.1) is 33.3 Å². The topological polar surface area (TPSA) is 66.8 Å². The maximum atomic E-state index is 12.3. The van der Waals surface area contributed by atoms with Crippen LogP contribution in [0.4, 0.5) is 5.69 Å². The Morgan fingerprint density at radius 3 is 2.60 bits per heavy atom. The highest BCUT2D eigenvalue weighted by molar-refractivity contribution is 8.16. The van der Waals surface area contributed by atoms with Gasteiger partial charge < -0.3 is 4.90 Å².